The van der Waals surface area contributed by atoms with Crippen LogP contribution in [0.15, 0.2) is 117 Å². The highest BCUT2D eigenvalue weighted by Gasteiger charge is 2.41. The van der Waals surface area contributed by atoms with Crippen LogP contribution in [-0.2, 0) is 38.2 Å². The molecule has 0 aromatic carbocycles. The minimum atomic E-state index is -1.10. The van der Waals surface area contributed by atoms with E-state index in [0.29, 0.717) is 23.1 Å². The second kappa shape index (κ2) is 22.2. The number of esters is 2. The van der Waals surface area contributed by atoms with E-state index in [2.05, 4.69) is 11.8 Å². The molecule has 2 aliphatic carbocycles. The second-order valence-corrected chi connectivity index (χ2v) is 16.0. The number of hydrogen-bond donors (Lipinski definition) is 2. The maximum Gasteiger partial charge on any atom is 0.307 e. The van der Waals surface area contributed by atoms with E-state index in [1.165, 1.54) is 0 Å². The quantitative estimate of drug-likeness (QED) is 0.0876. The highest BCUT2D eigenvalue weighted by molar-refractivity contribution is 6.02. The topological polar surface area (TPSA) is 161 Å². The average Bonchev–Trinajstić information content (AvgIpc) is 3.12. The molecule has 0 fully saturated rings. The van der Waals surface area contributed by atoms with Gasteiger partial charge in [-0.15, -0.1) is 0 Å². The molecule has 10 nitrogen and oxygen atoms in total. The lowest BCUT2D eigenvalue weighted by molar-refractivity contribution is -0.157. The fraction of sp³-hybridized carbons (Fsp3) is 0.417. The van der Waals surface area contributed by atoms with E-state index in [-0.39, 0.29) is 43.7 Å². The minimum absolute atomic E-state index is 0.265. The largest absolute Gasteiger partial charge is 0.481 e. The van der Waals surface area contributed by atoms with Gasteiger partial charge >= 0.3 is 23.9 Å². The molecule has 0 radical (unpaired) electrons. The van der Waals surface area contributed by atoms with Gasteiger partial charge in [-0.25, -0.2) is 0 Å². The SMILES string of the molecule is CC1=C(C#C/C(C)=C/C=C/C(C)=C/C=C/C=C(C)/C=C/C=C(C)/C=C/C2=C(C)C(=O)C(OC(=O)CCC(=O)O)CC2(C)C)C(C)(C)CC(OC(=O)CCC(=O)O)C1=O. The van der Waals surface area contributed by atoms with Gasteiger partial charge in [-0.2, -0.15) is 0 Å². The van der Waals surface area contributed by atoms with Crippen molar-refractivity contribution in [3.63, 3.8) is 0 Å². The van der Waals surface area contributed by atoms with E-state index in [0.717, 1.165) is 27.9 Å². The second-order valence-electron chi connectivity index (χ2n) is 16.0. The number of carboxylic acid groups (broad SMARTS) is 2. The molecule has 0 amide bonds. The molecule has 2 rings (SSSR count). The van der Waals surface area contributed by atoms with Gasteiger partial charge < -0.3 is 19.7 Å². The zero-order chi connectivity index (χ0) is 43.8. The van der Waals surface area contributed by atoms with Crippen molar-refractivity contribution in [3.8, 4) is 11.8 Å². The van der Waals surface area contributed by atoms with Crippen LogP contribution in [0.4, 0.5) is 0 Å². The van der Waals surface area contributed by atoms with Gasteiger partial charge in [0.05, 0.1) is 25.7 Å². The van der Waals surface area contributed by atoms with Gasteiger partial charge in [0.2, 0.25) is 0 Å². The standard InChI is InChI=1S/C48H58O10/c1-31(17-13-19-33(3)21-23-37-35(5)45(55)39(29-47(37,7)8)57-43(53)27-25-41(49)50)15-11-12-16-32(2)18-14-20-34(4)22-24-38-36(6)46(56)40(30-48(38,9)10)58-44(54)28-26-42(51)52/h11-21,23,39-40H,25-30H2,1-10H3,(H,49,50)(H,51,52)/b12-11+,17-13+,18-14+,23-21+,31-15+,32-16+,33-19+,34-20+. The molecule has 2 aliphatic rings. The Hall–Kier alpha value is -5.82. The summed E-state index contributed by atoms with van der Waals surface area (Å²) in [5.74, 6) is 2.12. The summed E-state index contributed by atoms with van der Waals surface area (Å²) >= 11 is 0. The Morgan fingerprint density at radius 3 is 1.57 bits per heavy atom. The molecule has 2 N–H and O–H groups in total. The summed E-state index contributed by atoms with van der Waals surface area (Å²) in [5.41, 5.74) is 5.44. The molecule has 0 aromatic rings. The van der Waals surface area contributed by atoms with E-state index in [1.54, 1.807) is 13.8 Å². The molecule has 10 heteroatoms. The monoisotopic (exact) mass is 794 g/mol. The maximum atomic E-state index is 13.0. The van der Waals surface area contributed by atoms with Crippen molar-refractivity contribution in [2.45, 2.75) is 120 Å². The summed E-state index contributed by atoms with van der Waals surface area (Å²) in [7, 11) is 0. The number of allylic oxidation sites excluding steroid dienone is 18. The van der Waals surface area contributed by atoms with Crippen molar-refractivity contribution in [2.75, 3.05) is 0 Å². The predicted octanol–water partition coefficient (Wildman–Crippen LogP) is 9.18. The van der Waals surface area contributed by atoms with Crippen LogP contribution in [0.3, 0.4) is 0 Å². The third-order valence-electron chi connectivity index (χ3n) is 9.68. The van der Waals surface area contributed by atoms with Crippen LogP contribution in [-0.4, -0.2) is 57.9 Å². The molecular weight excluding hydrogens is 737 g/mol. The Morgan fingerprint density at radius 1 is 0.638 bits per heavy atom. The normalized spacial score (nSPS) is 20.7. The van der Waals surface area contributed by atoms with Gasteiger partial charge in [0, 0.05) is 29.4 Å². The number of carbonyl (C=O) groups excluding carboxylic acids is 4. The van der Waals surface area contributed by atoms with Crippen LogP contribution >= 0.6 is 0 Å². The average molecular weight is 795 g/mol. The van der Waals surface area contributed by atoms with Gasteiger partial charge in [0.15, 0.2) is 23.8 Å². The molecule has 0 aromatic heterocycles. The molecule has 2 unspecified atom stereocenters. The summed E-state index contributed by atoms with van der Waals surface area (Å²) < 4.78 is 10.7. The third-order valence-corrected chi connectivity index (χ3v) is 9.68. The summed E-state index contributed by atoms with van der Waals surface area (Å²) in [5, 5.41) is 17.6. The molecule has 0 saturated heterocycles. The van der Waals surface area contributed by atoms with E-state index < -0.39 is 46.9 Å². The van der Waals surface area contributed by atoms with E-state index >= 15 is 0 Å². The maximum absolute atomic E-state index is 13.0. The Morgan fingerprint density at radius 2 is 1.07 bits per heavy atom. The van der Waals surface area contributed by atoms with Crippen molar-refractivity contribution in [1.82, 2.24) is 0 Å². The third kappa shape index (κ3) is 16.0. The Balaban J connectivity index is 1.99. The summed E-state index contributed by atoms with van der Waals surface area (Å²) in [6, 6.07) is 0. The van der Waals surface area contributed by atoms with Gasteiger partial charge in [0.25, 0.3) is 0 Å². The molecule has 310 valence electrons. The predicted molar refractivity (Wildman–Crippen MR) is 225 cm³/mol. The van der Waals surface area contributed by atoms with Crippen LogP contribution in [0.5, 0.6) is 0 Å². The summed E-state index contributed by atoms with van der Waals surface area (Å²) in [4.78, 5) is 71.6. The summed E-state index contributed by atoms with van der Waals surface area (Å²) in [6.07, 6.45) is 20.9. The Kier molecular flexibility index (Phi) is 18.5. The van der Waals surface area contributed by atoms with Crippen molar-refractivity contribution >= 4 is 35.4 Å². The lowest BCUT2D eigenvalue weighted by Crippen LogP contribution is -2.39. The van der Waals surface area contributed by atoms with E-state index in [1.807, 2.05) is 128 Å². The molecule has 0 saturated carbocycles. The van der Waals surface area contributed by atoms with Crippen LogP contribution in [0.1, 0.15) is 108 Å². The molecule has 0 bridgehead atoms. The molecule has 58 heavy (non-hydrogen) atoms. The molecule has 2 atom stereocenters. The summed E-state index contributed by atoms with van der Waals surface area (Å²) in [6.45, 7) is 19.1. The molecule has 0 spiro atoms. The zero-order valence-corrected chi connectivity index (χ0v) is 35.5. The fourth-order valence-corrected chi connectivity index (χ4v) is 6.43. The van der Waals surface area contributed by atoms with Crippen molar-refractivity contribution in [1.29, 1.82) is 0 Å². The highest BCUT2D eigenvalue weighted by atomic mass is 16.6. The lowest BCUT2D eigenvalue weighted by Gasteiger charge is -2.36. The van der Waals surface area contributed by atoms with Crippen LogP contribution < -0.4 is 0 Å². The van der Waals surface area contributed by atoms with Crippen molar-refractivity contribution in [3.05, 3.63) is 117 Å². The lowest BCUT2D eigenvalue weighted by atomic mass is 9.71. The van der Waals surface area contributed by atoms with Gasteiger partial charge in [-0.1, -0.05) is 129 Å². The molecular formula is C48H58O10. The number of ketones is 2. The van der Waals surface area contributed by atoms with Crippen LogP contribution in [0.2, 0.25) is 0 Å². The number of carboxylic acids is 2. The fourth-order valence-electron chi connectivity index (χ4n) is 6.43. The number of rotatable bonds is 16. The smallest absolute Gasteiger partial charge is 0.307 e. The number of aliphatic carboxylic acids is 2. The number of ether oxygens (including phenoxy) is 2. The molecule has 0 heterocycles. The van der Waals surface area contributed by atoms with Gasteiger partial charge in [0.1, 0.15) is 0 Å². The van der Waals surface area contributed by atoms with Crippen molar-refractivity contribution in [2.24, 2.45) is 10.8 Å². The minimum Gasteiger partial charge on any atom is -0.481 e. The van der Waals surface area contributed by atoms with Gasteiger partial charge in [-0.3, -0.25) is 28.8 Å². The first-order valence-corrected chi connectivity index (χ1v) is 19.3. The highest BCUT2D eigenvalue weighted by Crippen LogP contribution is 2.41. The van der Waals surface area contributed by atoms with E-state index in [9.17, 15) is 28.8 Å². The number of Topliss-reactive ketones (excluding diaryl/α,β-unsaturated/α-hetero) is 2. The number of carbonyl (C=O) groups is 6. The molecule has 0 aliphatic heterocycles. The van der Waals surface area contributed by atoms with E-state index in [4.69, 9.17) is 19.7 Å². The van der Waals surface area contributed by atoms with Crippen LogP contribution in [0.25, 0.3) is 0 Å². The Labute approximate surface area is 343 Å². The van der Waals surface area contributed by atoms with Gasteiger partial charge in [-0.05, 0) is 63.7 Å². The zero-order valence-electron chi connectivity index (χ0n) is 35.5. The first-order chi connectivity index (χ1) is 27.0. The first-order valence-electron chi connectivity index (χ1n) is 19.3. The van der Waals surface area contributed by atoms with Crippen LogP contribution in [0, 0.1) is 22.7 Å². The first kappa shape index (κ1) is 48.3. The Bertz CT molecular complexity index is 2020. The van der Waals surface area contributed by atoms with Crippen molar-refractivity contribution < 1.29 is 48.5 Å². The number of hydrogen-bond acceptors (Lipinski definition) is 8.